The number of rotatable bonds is 3. The molecule has 3 rings (SSSR count). The summed E-state index contributed by atoms with van der Waals surface area (Å²) in [5, 5.41) is 1.92. The highest BCUT2D eigenvalue weighted by Gasteiger charge is 2.21. The lowest BCUT2D eigenvalue weighted by atomic mass is 10.0. The number of nitrogens with zero attached hydrogens (tertiary/aromatic N) is 2. The molecule has 2 aromatic heterocycles. The zero-order chi connectivity index (χ0) is 13.2. The van der Waals surface area contributed by atoms with Crippen molar-refractivity contribution in [3.8, 4) is 0 Å². The van der Waals surface area contributed by atoms with Crippen LogP contribution in [0.2, 0.25) is 0 Å². The topological polar surface area (TPSA) is 49.0 Å². The van der Waals surface area contributed by atoms with E-state index in [1.54, 1.807) is 0 Å². The Kier molecular flexibility index (Phi) is 3.66. The summed E-state index contributed by atoms with van der Waals surface area (Å²) in [7, 11) is 0. The number of likely N-dealkylation sites (tertiary alicyclic amines) is 1. The first-order valence-electron chi connectivity index (χ1n) is 6.98. The molecule has 5 heteroatoms. The van der Waals surface area contributed by atoms with Gasteiger partial charge in [0, 0.05) is 6.04 Å². The fraction of sp³-hybridized carbons (Fsp3) is 0.571. The molecular weight excluding hydrogens is 258 g/mol. The Bertz CT molecular complexity index is 618. The van der Waals surface area contributed by atoms with Gasteiger partial charge in [0.2, 0.25) is 0 Å². The standard InChI is InChI=1S/C14H19N3OS/c1-2-10-5-3-4-7-17(10)9-12-15-11-6-8-19-13(11)14(18)16-12/h6,8,10H,2-5,7,9H2,1H3,(H,15,16,18). The van der Waals surface area contributed by atoms with Crippen LogP contribution in [-0.2, 0) is 6.54 Å². The summed E-state index contributed by atoms with van der Waals surface area (Å²) in [5.74, 6) is 0.802. The first kappa shape index (κ1) is 12.8. The number of nitrogens with one attached hydrogen (secondary N) is 1. The van der Waals surface area contributed by atoms with Crippen molar-refractivity contribution in [1.82, 2.24) is 14.9 Å². The van der Waals surface area contributed by atoms with Gasteiger partial charge in [-0.15, -0.1) is 11.3 Å². The Labute approximate surface area is 116 Å². The van der Waals surface area contributed by atoms with Crippen LogP contribution in [0.1, 0.15) is 38.4 Å². The quantitative estimate of drug-likeness (QED) is 0.938. The van der Waals surface area contributed by atoms with Crippen molar-refractivity contribution < 1.29 is 0 Å². The number of thiophene rings is 1. The molecule has 102 valence electrons. The van der Waals surface area contributed by atoms with Gasteiger partial charge in [0.05, 0.1) is 12.1 Å². The fourth-order valence-electron chi connectivity index (χ4n) is 2.92. The molecule has 0 aromatic carbocycles. The van der Waals surface area contributed by atoms with E-state index in [1.165, 1.54) is 37.0 Å². The number of H-pyrrole nitrogens is 1. The summed E-state index contributed by atoms with van der Waals surface area (Å²) in [4.78, 5) is 21.9. The highest BCUT2D eigenvalue weighted by molar-refractivity contribution is 7.17. The van der Waals surface area contributed by atoms with Crippen molar-refractivity contribution in [3.05, 3.63) is 27.6 Å². The Morgan fingerprint density at radius 2 is 2.42 bits per heavy atom. The molecule has 1 aliphatic heterocycles. The van der Waals surface area contributed by atoms with Crippen molar-refractivity contribution in [2.75, 3.05) is 6.54 Å². The van der Waals surface area contributed by atoms with E-state index in [1.807, 2.05) is 11.4 Å². The third-order valence-electron chi connectivity index (χ3n) is 3.94. The highest BCUT2D eigenvalue weighted by Crippen LogP contribution is 2.21. The van der Waals surface area contributed by atoms with Crippen LogP contribution in [0.3, 0.4) is 0 Å². The molecular formula is C14H19N3OS. The second-order valence-electron chi connectivity index (χ2n) is 5.18. The molecule has 1 N–H and O–H groups in total. The van der Waals surface area contributed by atoms with Crippen LogP contribution in [0, 0.1) is 0 Å². The SMILES string of the molecule is CCC1CCCCN1Cc1nc2ccsc2c(=O)[nH]1. The molecule has 0 spiro atoms. The molecule has 1 unspecified atom stereocenters. The first-order valence-corrected chi connectivity index (χ1v) is 7.86. The molecule has 0 bridgehead atoms. The normalized spacial score (nSPS) is 21.0. The third-order valence-corrected chi connectivity index (χ3v) is 4.84. The van der Waals surface area contributed by atoms with Gasteiger partial charge in [0.25, 0.3) is 5.56 Å². The molecule has 3 heterocycles. The number of hydrogen-bond acceptors (Lipinski definition) is 4. The van der Waals surface area contributed by atoms with Crippen LogP contribution in [-0.4, -0.2) is 27.5 Å². The summed E-state index contributed by atoms with van der Waals surface area (Å²) < 4.78 is 0.731. The van der Waals surface area contributed by atoms with Gasteiger partial charge < -0.3 is 4.98 Å². The Morgan fingerprint density at radius 1 is 1.53 bits per heavy atom. The molecule has 0 saturated carbocycles. The van der Waals surface area contributed by atoms with Crippen molar-refractivity contribution in [2.45, 2.75) is 45.2 Å². The summed E-state index contributed by atoms with van der Waals surface area (Å²) >= 11 is 1.45. The molecule has 1 atom stereocenters. The maximum Gasteiger partial charge on any atom is 0.268 e. The zero-order valence-corrected chi connectivity index (χ0v) is 12.0. The number of fused-ring (bicyclic) bond motifs is 1. The first-order chi connectivity index (χ1) is 9.28. The molecule has 1 fully saturated rings. The van der Waals surface area contributed by atoms with Gasteiger partial charge in [-0.05, 0) is 37.3 Å². The second-order valence-corrected chi connectivity index (χ2v) is 6.09. The molecule has 4 nitrogen and oxygen atoms in total. The lowest BCUT2D eigenvalue weighted by Crippen LogP contribution is -2.39. The van der Waals surface area contributed by atoms with Crippen molar-refractivity contribution in [1.29, 1.82) is 0 Å². The predicted octanol–water partition coefficient (Wildman–Crippen LogP) is 2.75. The average Bonchev–Trinajstić information content (AvgIpc) is 2.88. The van der Waals surface area contributed by atoms with Gasteiger partial charge in [0.1, 0.15) is 10.5 Å². The highest BCUT2D eigenvalue weighted by atomic mass is 32.1. The minimum absolute atomic E-state index is 0.0000536. The van der Waals surface area contributed by atoms with Crippen LogP contribution in [0.5, 0.6) is 0 Å². The Morgan fingerprint density at radius 3 is 3.26 bits per heavy atom. The molecule has 0 amide bonds. The molecule has 0 aliphatic carbocycles. The van der Waals surface area contributed by atoms with Gasteiger partial charge in [-0.1, -0.05) is 13.3 Å². The molecule has 1 saturated heterocycles. The van der Waals surface area contributed by atoms with Crippen molar-refractivity contribution in [2.24, 2.45) is 0 Å². The minimum Gasteiger partial charge on any atom is -0.308 e. The Balaban J connectivity index is 1.85. The van der Waals surface area contributed by atoms with Gasteiger partial charge in [0.15, 0.2) is 0 Å². The van der Waals surface area contributed by atoms with E-state index in [-0.39, 0.29) is 5.56 Å². The van der Waals surface area contributed by atoms with Crippen LogP contribution < -0.4 is 5.56 Å². The Hall–Kier alpha value is -1.20. The molecule has 19 heavy (non-hydrogen) atoms. The summed E-state index contributed by atoms with van der Waals surface area (Å²) in [6, 6.07) is 2.56. The summed E-state index contributed by atoms with van der Waals surface area (Å²) in [6.07, 6.45) is 5.01. The van der Waals surface area contributed by atoms with Crippen LogP contribution in [0.15, 0.2) is 16.2 Å². The van der Waals surface area contributed by atoms with Crippen LogP contribution >= 0.6 is 11.3 Å². The predicted molar refractivity (Wildman–Crippen MR) is 78.6 cm³/mol. The largest absolute Gasteiger partial charge is 0.308 e. The fourth-order valence-corrected chi connectivity index (χ4v) is 3.64. The lowest BCUT2D eigenvalue weighted by Gasteiger charge is -2.34. The van der Waals surface area contributed by atoms with E-state index >= 15 is 0 Å². The number of piperidine rings is 1. The lowest BCUT2D eigenvalue weighted by molar-refractivity contribution is 0.133. The van der Waals surface area contributed by atoms with Gasteiger partial charge in [-0.2, -0.15) is 0 Å². The smallest absolute Gasteiger partial charge is 0.268 e. The number of hydrogen-bond donors (Lipinski definition) is 1. The van der Waals surface area contributed by atoms with Gasteiger partial charge in [-0.3, -0.25) is 9.69 Å². The monoisotopic (exact) mass is 277 g/mol. The minimum atomic E-state index is 0.0000536. The average molecular weight is 277 g/mol. The summed E-state index contributed by atoms with van der Waals surface area (Å²) in [5.41, 5.74) is 0.828. The van der Waals surface area contributed by atoms with E-state index in [0.29, 0.717) is 6.04 Å². The van der Waals surface area contributed by atoms with E-state index in [2.05, 4.69) is 21.8 Å². The van der Waals surface area contributed by atoms with Crippen molar-refractivity contribution in [3.63, 3.8) is 0 Å². The number of aromatic nitrogens is 2. The maximum atomic E-state index is 11.9. The maximum absolute atomic E-state index is 11.9. The van der Waals surface area contributed by atoms with E-state index in [4.69, 9.17) is 0 Å². The molecule has 2 aromatic rings. The van der Waals surface area contributed by atoms with Gasteiger partial charge in [-0.25, -0.2) is 4.98 Å². The summed E-state index contributed by atoms with van der Waals surface area (Å²) in [6.45, 7) is 4.12. The van der Waals surface area contributed by atoms with Gasteiger partial charge >= 0.3 is 0 Å². The zero-order valence-electron chi connectivity index (χ0n) is 11.2. The molecule has 0 radical (unpaired) electrons. The molecule has 1 aliphatic rings. The second kappa shape index (κ2) is 5.43. The van der Waals surface area contributed by atoms with E-state index < -0.39 is 0 Å². The van der Waals surface area contributed by atoms with Crippen molar-refractivity contribution >= 4 is 21.6 Å². The van der Waals surface area contributed by atoms with E-state index in [9.17, 15) is 4.79 Å². The van der Waals surface area contributed by atoms with Crippen LogP contribution in [0.25, 0.3) is 10.2 Å². The van der Waals surface area contributed by atoms with Crippen LogP contribution in [0.4, 0.5) is 0 Å². The van der Waals surface area contributed by atoms with E-state index in [0.717, 1.165) is 29.1 Å². The third kappa shape index (κ3) is 2.58. The number of aromatic amines is 1.